The minimum Gasteiger partial charge on any atom is -0.486 e. The highest BCUT2D eigenvalue weighted by Gasteiger charge is 2.19. The van der Waals surface area contributed by atoms with E-state index in [9.17, 15) is 4.79 Å². The molecule has 1 aliphatic heterocycles. The van der Waals surface area contributed by atoms with Gasteiger partial charge < -0.3 is 14.4 Å². The topological polar surface area (TPSA) is 38.8 Å². The third kappa shape index (κ3) is 4.50. The summed E-state index contributed by atoms with van der Waals surface area (Å²) >= 11 is 7.34. The van der Waals surface area contributed by atoms with E-state index in [1.54, 1.807) is 18.2 Å². The number of carbonyl (C=O) groups is 1. The number of halogens is 1. The van der Waals surface area contributed by atoms with Crippen LogP contribution in [0.1, 0.15) is 10.4 Å². The molecule has 25 heavy (non-hydrogen) atoms. The van der Waals surface area contributed by atoms with Crippen LogP contribution in [0.25, 0.3) is 0 Å². The molecule has 0 unspecified atom stereocenters. The molecule has 0 amide bonds. The highest BCUT2D eigenvalue weighted by atomic mass is 35.5. The Balaban J connectivity index is 1.88. The number of ketones is 1. The summed E-state index contributed by atoms with van der Waals surface area (Å²) in [6.45, 7) is 1.02. The SMILES string of the molecule is CN(C)C=C(Sc1ccc(Cl)cc1)C(=O)c1ccc2c(c1)OCCO2. The van der Waals surface area contributed by atoms with Crippen molar-refractivity contribution < 1.29 is 14.3 Å². The van der Waals surface area contributed by atoms with E-state index in [0.717, 1.165) is 4.90 Å². The van der Waals surface area contributed by atoms with Crippen LogP contribution in [0.3, 0.4) is 0 Å². The number of Topliss-reactive ketones (excluding diaryl/α,β-unsaturated/α-hetero) is 1. The van der Waals surface area contributed by atoms with Crippen molar-refractivity contribution in [1.82, 2.24) is 4.90 Å². The molecule has 0 bridgehead atoms. The number of thioether (sulfide) groups is 1. The van der Waals surface area contributed by atoms with E-state index in [1.165, 1.54) is 11.8 Å². The summed E-state index contributed by atoms with van der Waals surface area (Å²) in [6, 6.07) is 12.7. The maximum Gasteiger partial charge on any atom is 0.201 e. The highest BCUT2D eigenvalue weighted by Crippen LogP contribution is 2.34. The molecule has 4 nitrogen and oxygen atoms in total. The monoisotopic (exact) mass is 375 g/mol. The predicted octanol–water partition coefficient (Wildman–Crippen LogP) is 4.49. The van der Waals surface area contributed by atoms with Crippen molar-refractivity contribution in [1.29, 1.82) is 0 Å². The number of ether oxygens (including phenoxy) is 2. The van der Waals surface area contributed by atoms with Crippen LogP contribution in [0.2, 0.25) is 5.02 Å². The fraction of sp³-hybridized carbons (Fsp3) is 0.211. The van der Waals surface area contributed by atoms with Crippen LogP contribution < -0.4 is 9.47 Å². The van der Waals surface area contributed by atoms with Crippen LogP contribution in [0.5, 0.6) is 11.5 Å². The van der Waals surface area contributed by atoms with Crippen molar-refractivity contribution in [3.05, 3.63) is 64.2 Å². The molecule has 0 atom stereocenters. The van der Waals surface area contributed by atoms with Gasteiger partial charge in [0.25, 0.3) is 0 Å². The first-order valence-electron chi connectivity index (χ1n) is 7.79. The molecule has 0 aromatic heterocycles. The van der Waals surface area contributed by atoms with Crippen molar-refractivity contribution in [3.8, 4) is 11.5 Å². The number of carbonyl (C=O) groups excluding carboxylic acids is 1. The number of allylic oxidation sites excluding steroid dienone is 1. The zero-order valence-electron chi connectivity index (χ0n) is 14.0. The third-order valence-corrected chi connectivity index (χ3v) is 4.72. The van der Waals surface area contributed by atoms with Gasteiger partial charge in [0.2, 0.25) is 5.78 Å². The van der Waals surface area contributed by atoms with Gasteiger partial charge in [-0.1, -0.05) is 23.4 Å². The number of hydrogen-bond donors (Lipinski definition) is 0. The standard InChI is InChI=1S/C19H18ClNO3S/c1-21(2)12-18(25-15-6-4-14(20)5-7-15)19(22)13-3-8-16-17(11-13)24-10-9-23-16/h3-8,11-12H,9-10H2,1-2H3. The average Bonchev–Trinajstić information content (AvgIpc) is 2.61. The Labute approximate surface area is 156 Å². The van der Waals surface area contributed by atoms with Crippen LogP contribution in [0.15, 0.2) is 58.5 Å². The molecule has 0 spiro atoms. The molecule has 3 rings (SSSR count). The molecule has 6 heteroatoms. The van der Waals surface area contributed by atoms with E-state index < -0.39 is 0 Å². The number of fused-ring (bicyclic) bond motifs is 1. The average molecular weight is 376 g/mol. The Kier molecular flexibility index (Phi) is 5.56. The molecule has 2 aromatic carbocycles. The van der Waals surface area contributed by atoms with Crippen molar-refractivity contribution in [3.63, 3.8) is 0 Å². The smallest absolute Gasteiger partial charge is 0.201 e. The Morgan fingerprint density at radius 2 is 1.76 bits per heavy atom. The number of nitrogens with zero attached hydrogens (tertiary/aromatic N) is 1. The second kappa shape index (κ2) is 7.85. The summed E-state index contributed by atoms with van der Waals surface area (Å²) in [5.41, 5.74) is 0.568. The lowest BCUT2D eigenvalue weighted by atomic mass is 10.1. The second-order valence-electron chi connectivity index (χ2n) is 5.70. The van der Waals surface area contributed by atoms with Gasteiger partial charge in [0.05, 0.1) is 4.91 Å². The van der Waals surface area contributed by atoms with Crippen LogP contribution in [0, 0.1) is 0 Å². The maximum atomic E-state index is 13.0. The van der Waals surface area contributed by atoms with Crippen LogP contribution in [-0.2, 0) is 0 Å². The molecule has 0 N–H and O–H groups in total. The molecule has 0 aliphatic carbocycles. The first-order chi connectivity index (χ1) is 12.0. The Bertz CT molecular complexity index is 803. The van der Waals surface area contributed by atoms with Gasteiger partial charge in [0.1, 0.15) is 13.2 Å². The van der Waals surface area contributed by atoms with Crippen molar-refractivity contribution in [2.24, 2.45) is 0 Å². The Morgan fingerprint density at radius 1 is 1.08 bits per heavy atom. The van der Waals surface area contributed by atoms with Crippen LogP contribution in [0.4, 0.5) is 0 Å². The molecule has 0 saturated carbocycles. The quantitative estimate of drug-likeness (QED) is 0.437. The number of benzene rings is 2. The van der Waals surface area contributed by atoms with E-state index in [4.69, 9.17) is 21.1 Å². The van der Waals surface area contributed by atoms with Crippen LogP contribution >= 0.6 is 23.4 Å². The summed E-state index contributed by atoms with van der Waals surface area (Å²) in [4.78, 5) is 16.4. The molecular weight excluding hydrogens is 358 g/mol. The van der Waals surface area contributed by atoms with Crippen molar-refractivity contribution in [2.75, 3.05) is 27.3 Å². The highest BCUT2D eigenvalue weighted by molar-refractivity contribution is 8.04. The van der Waals surface area contributed by atoms with Gasteiger partial charge in [0.15, 0.2) is 11.5 Å². The van der Waals surface area contributed by atoms with Crippen LogP contribution in [-0.4, -0.2) is 38.0 Å². The summed E-state index contributed by atoms with van der Waals surface area (Å²) < 4.78 is 11.1. The van der Waals surface area contributed by atoms with Crippen molar-refractivity contribution in [2.45, 2.75) is 4.90 Å². The van der Waals surface area contributed by atoms with Crippen molar-refractivity contribution >= 4 is 29.1 Å². The minimum atomic E-state index is -0.0642. The van der Waals surface area contributed by atoms with Gasteiger partial charge in [-0.3, -0.25) is 4.79 Å². The van der Waals surface area contributed by atoms with E-state index in [-0.39, 0.29) is 5.78 Å². The third-order valence-electron chi connectivity index (χ3n) is 3.45. The van der Waals surface area contributed by atoms with E-state index in [2.05, 4.69) is 0 Å². The maximum absolute atomic E-state index is 13.0. The fourth-order valence-corrected chi connectivity index (χ4v) is 3.45. The molecule has 0 radical (unpaired) electrons. The van der Waals surface area contributed by atoms with Gasteiger partial charge in [-0.25, -0.2) is 0 Å². The van der Waals surface area contributed by atoms with Gasteiger partial charge >= 0.3 is 0 Å². The molecule has 0 saturated heterocycles. The minimum absolute atomic E-state index is 0.0642. The largest absolute Gasteiger partial charge is 0.486 e. The van der Waals surface area contributed by atoms with Gasteiger partial charge in [0, 0.05) is 35.8 Å². The summed E-state index contributed by atoms with van der Waals surface area (Å²) in [6.07, 6.45) is 1.82. The zero-order valence-corrected chi connectivity index (χ0v) is 15.6. The van der Waals surface area contributed by atoms with Gasteiger partial charge in [-0.2, -0.15) is 0 Å². The summed E-state index contributed by atoms with van der Waals surface area (Å²) in [7, 11) is 3.78. The van der Waals surface area contributed by atoms with Gasteiger partial charge in [-0.15, -0.1) is 0 Å². The molecule has 1 heterocycles. The van der Waals surface area contributed by atoms with E-state index >= 15 is 0 Å². The van der Waals surface area contributed by atoms with E-state index in [1.807, 2.05) is 49.5 Å². The fourth-order valence-electron chi connectivity index (χ4n) is 2.32. The Hall–Kier alpha value is -2.11. The van der Waals surface area contributed by atoms with E-state index in [0.29, 0.717) is 40.2 Å². The first-order valence-corrected chi connectivity index (χ1v) is 8.98. The first kappa shape index (κ1) is 17.7. The molecule has 130 valence electrons. The molecule has 0 fully saturated rings. The normalized spacial score (nSPS) is 13.5. The van der Waals surface area contributed by atoms with Gasteiger partial charge in [-0.05, 0) is 42.5 Å². The summed E-state index contributed by atoms with van der Waals surface area (Å²) in [5, 5.41) is 0.667. The number of rotatable bonds is 5. The molecule has 2 aromatic rings. The lowest BCUT2D eigenvalue weighted by molar-refractivity contribution is 0.104. The number of hydrogen-bond acceptors (Lipinski definition) is 5. The summed E-state index contributed by atoms with van der Waals surface area (Å²) in [5.74, 6) is 1.22. The second-order valence-corrected chi connectivity index (χ2v) is 7.25. The molecular formula is C19H18ClNO3S. The predicted molar refractivity (Wildman–Crippen MR) is 101 cm³/mol. The Morgan fingerprint density at radius 3 is 2.44 bits per heavy atom. The zero-order chi connectivity index (χ0) is 17.8. The lowest BCUT2D eigenvalue weighted by Gasteiger charge is -2.19. The lowest BCUT2D eigenvalue weighted by Crippen LogP contribution is -2.16. The molecule has 1 aliphatic rings.